The van der Waals surface area contributed by atoms with Crippen LogP contribution in [0.5, 0.6) is 11.5 Å². The molecule has 0 radical (unpaired) electrons. The summed E-state index contributed by atoms with van der Waals surface area (Å²) in [6.45, 7) is 0. The number of carbonyl (C=O) groups is 2. The summed E-state index contributed by atoms with van der Waals surface area (Å²) in [7, 11) is 3.03. The third-order valence-electron chi connectivity index (χ3n) is 4.66. The highest BCUT2D eigenvalue weighted by Crippen LogP contribution is 2.29. The standard InChI is InChI=1S/C23H20N4O4S2/c1-30-18-11-10-15(12-19(18)31-2)21(29)25-22-26-27-23(33-22)32-13-20(28)24-17-9-5-7-14-6-3-4-8-16(14)17/h3-12H,13H2,1-2H3,(H,24,28)(H,25,26,29). The molecule has 0 atom stereocenters. The number of nitrogens with one attached hydrogen (secondary N) is 2. The SMILES string of the molecule is COc1ccc(C(=O)Nc2nnc(SCC(=O)Nc3cccc4ccccc34)s2)cc1OC. The molecule has 4 rings (SSSR count). The van der Waals surface area contributed by atoms with E-state index < -0.39 is 0 Å². The van der Waals surface area contributed by atoms with Gasteiger partial charge in [-0.3, -0.25) is 14.9 Å². The van der Waals surface area contributed by atoms with Crippen molar-refractivity contribution in [3.8, 4) is 11.5 Å². The fourth-order valence-electron chi connectivity index (χ4n) is 3.11. The highest BCUT2D eigenvalue weighted by molar-refractivity contribution is 8.01. The number of carbonyl (C=O) groups excluding carboxylic acids is 2. The van der Waals surface area contributed by atoms with Crippen molar-refractivity contribution in [2.45, 2.75) is 4.34 Å². The second kappa shape index (κ2) is 10.3. The van der Waals surface area contributed by atoms with Gasteiger partial charge in [-0.1, -0.05) is 59.5 Å². The molecule has 3 aromatic carbocycles. The fourth-order valence-corrected chi connectivity index (χ4v) is 4.66. The summed E-state index contributed by atoms with van der Waals surface area (Å²) in [6, 6.07) is 18.5. The number of rotatable bonds is 8. The maximum absolute atomic E-state index is 12.5. The Labute approximate surface area is 198 Å². The molecule has 2 N–H and O–H groups in total. The van der Waals surface area contributed by atoms with Crippen LogP contribution in [0.1, 0.15) is 10.4 Å². The molecule has 1 aromatic heterocycles. The summed E-state index contributed by atoms with van der Waals surface area (Å²) in [6.07, 6.45) is 0. The minimum Gasteiger partial charge on any atom is -0.493 e. The smallest absolute Gasteiger partial charge is 0.257 e. The van der Waals surface area contributed by atoms with Gasteiger partial charge in [0.1, 0.15) is 0 Å². The second-order valence-corrected chi connectivity index (χ2v) is 8.96. The molecule has 4 aromatic rings. The summed E-state index contributed by atoms with van der Waals surface area (Å²) in [5.41, 5.74) is 1.16. The molecule has 0 fully saturated rings. The van der Waals surface area contributed by atoms with E-state index in [-0.39, 0.29) is 17.6 Å². The van der Waals surface area contributed by atoms with Gasteiger partial charge in [-0.2, -0.15) is 0 Å². The molecular weight excluding hydrogens is 460 g/mol. The predicted octanol–water partition coefficient (Wildman–Crippen LogP) is 4.69. The maximum atomic E-state index is 12.5. The molecule has 0 aliphatic heterocycles. The Balaban J connectivity index is 1.34. The summed E-state index contributed by atoms with van der Waals surface area (Å²) < 4.78 is 11.0. The van der Waals surface area contributed by atoms with Gasteiger partial charge >= 0.3 is 0 Å². The molecular formula is C23H20N4O4S2. The van der Waals surface area contributed by atoms with Crippen molar-refractivity contribution < 1.29 is 19.1 Å². The Kier molecular flexibility index (Phi) is 7.06. The van der Waals surface area contributed by atoms with Gasteiger partial charge in [0.2, 0.25) is 11.0 Å². The van der Waals surface area contributed by atoms with E-state index in [0.717, 1.165) is 16.5 Å². The van der Waals surface area contributed by atoms with E-state index in [2.05, 4.69) is 20.8 Å². The number of thioether (sulfide) groups is 1. The number of methoxy groups -OCH3 is 2. The van der Waals surface area contributed by atoms with Crippen LogP contribution in [0.3, 0.4) is 0 Å². The first kappa shape index (κ1) is 22.6. The van der Waals surface area contributed by atoms with Gasteiger partial charge in [0, 0.05) is 16.6 Å². The summed E-state index contributed by atoms with van der Waals surface area (Å²) >= 11 is 2.45. The van der Waals surface area contributed by atoms with Crippen molar-refractivity contribution in [2.75, 3.05) is 30.6 Å². The van der Waals surface area contributed by atoms with E-state index in [1.165, 1.54) is 37.3 Å². The zero-order valence-corrected chi connectivity index (χ0v) is 19.5. The molecule has 0 spiro atoms. The van der Waals surface area contributed by atoms with Crippen LogP contribution in [-0.2, 0) is 4.79 Å². The molecule has 168 valence electrons. The normalized spacial score (nSPS) is 10.6. The molecule has 1 heterocycles. The first-order chi connectivity index (χ1) is 16.1. The van der Waals surface area contributed by atoms with E-state index in [1.807, 2.05) is 42.5 Å². The number of benzene rings is 3. The zero-order chi connectivity index (χ0) is 23.2. The van der Waals surface area contributed by atoms with Crippen molar-refractivity contribution >= 4 is 56.5 Å². The van der Waals surface area contributed by atoms with Crippen molar-refractivity contribution in [2.24, 2.45) is 0 Å². The van der Waals surface area contributed by atoms with E-state index >= 15 is 0 Å². The van der Waals surface area contributed by atoms with Crippen LogP contribution < -0.4 is 20.1 Å². The molecule has 10 heteroatoms. The van der Waals surface area contributed by atoms with Gasteiger partial charge in [-0.15, -0.1) is 10.2 Å². The van der Waals surface area contributed by atoms with E-state index in [1.54, 1.807) is 18.2 Å². The summed E-state index contributed by atoms with van der Waals surface area (Å²) in [5, 5.41) is 16.1. The molecule has 2 amide bonds. The highest BCUT2D eigenvalue weighted by atomic mass is 32.2. The van der Waals surface area contributed by atoms with Crippen LogP contribution in [0.15, 0.2) is 65.0 Å². The van der Waals surface area contributed by atoms with Crippen molar-refractivity contribution in [3.63, 3.8) is 0 Å². The number of anilines is 2. The Morgan fingerprint density at radius 2 is 1.73 bits per heavy atom. The predicted molar refractivity (Wildman–Crippen MR) is 131 cm³/mol. The number of fused-ring (bicyclic) bond motifs is 1. The minimum absolute atomic E-state index is 0.150. The molecule has 0 aliphatic carbocycles. The Morgan fingerprint density at radius 3 is 2.55 bits per heavy atom. The minimum atomic E-state index is -0.350. The molecule has 0 saturated heterocycles. The average Bonchev–Trinajstić information content (AvgIpc) is 3.29. The first-order valence-electron chi connectivity index (χ1n) is 9.84. The number of ether oxygens (including phenoxy) is 2. The van der Waals surface area contributed by atoms with Crippen LogP contribution in [0, 0.1) is 0 Å². The van der Waals surface area contributed by atoms with Gasteiger partial charge in [-0.25, -0.2) is 0 Å². The number of aromatic nitrogens is 2. The Bertz CT molecular complexity index is 1300. The van der Waals surface area contributed by atoms with Gasteiger partial charge < -0.3 is 14.8 Å². The molecule has 0 saturated carbocycles. The van der Waals surface area contributed by atoms with Gasteiger partial charge in [-0.05, 0) is 29.7 Å². The van der Waals surface area contributed by atoms with E-state index in [4.69, 9.17) is 9.47 Å². The average molecular weight is 481 g/mol. The lowest BCUT2D eigenvalue weighted by Gasteiger charge is -2.09. The van der Waals surface area contributed by atoms with Crippen LogP contribution in [0.2, 0.25) is 0 Å². The fraction of sp³-hybridized carbons (Fsp3) is 0.130. The largest absolute Gasteiger partial charge is 0.493 e. The van der Waals surface area contributed by atoms with Gasteiger partial charge in [0.05, 0.1) is 20.0 Å². The monoisotopic (exact) mass is 480 g/mol. The topological polar surface area (TPSA) is 102 Å². The third-order valence-corrected chi connectivity index (χ3v) is 6.64. The number of nitrogens with zero attached hydrogens (tertiary/aromatic N) is 2. The number of amides is 2. The highest BCUT2D eigenvalue weighted by Gasteiger charge is 2.14. The number of hydrogen-bond donors (Lipinski definition) is 2. The van der Waals surface area contributed by atoms with Crippen molar-refractivity contribution in [3.05, 3.63) is 66.2 Å². The summed E-state index contributed by atoms with van der Waals surface area (Å²) in [5.74, 6) is 0.655. The van der Waals surface area contributed by atoms with Crippen molar-refractivity contribution in [1.29, 1.82) is 0 Å². The zero-order valence-electron chi connectivity index (χ0n) is 17.8. The lowest BCUT2D eigenvalue weighted by molar-refractivity contribution is -0.113. The van der Waals surface area contributed by atoms with Crippen LogP contribution in [-0.4, -0.2) is 42.0 Å². The van der Waals surface area contributed by atoms with Crippen molar-refractivity contribution in [1.82, 2.24) is 10.2 Å². The Hall–Kier alpha value is -3.63. The Morgan fingerprint density at radius 1 is 0.939 bits per heavy atom. The molecule has 0 bridgehead atoms. The third kappa shape index (κ3) is 5.41. The molecule has 0 unspecified atom stereocenters. The molecule has 33 heavy (non-hydrogen) atoms. The quantitative estimate of drug-likeness (QED) is 0.279. The van der Waals surface area contributed by atoms with Gasteiger partial charge in [0.25, 0.3) is 5.91 Å². The molecule has 8 nitrogen and oxygen atoms in total. The second-order valence-electron chi connectivity index (χ2n) is 6.76. The van der Waals surface area contributed by atoms with E-state index in [9.17, 15) is 9.59 Å². The van der Waals surface area contributed by atoms with Gasteiger partial charge in [0.15, 0.2) is 15.8 Å². The van der Waals surface area contributed by atoms with Crippen LogP contribution >= 0.6 is 23.1 Å². The van der Waals surface area contributed by atoms with E-state index in [0.29, 0.717) is 26.5 Å². The lowest BCUT2D eigenvalue weighted by Crippen LogP contribution is -2.14. The first-order valence-corrected chi connectivity index (χ1v) is 11.6. The molecule has 0 aliphatic rings. The lowest BCUT2D eigenvalue weighted by atomic mass is 10.1. The maximum Gasteiger partial charge on any atom is 0.257 e. The van der Waals surface area contributed by atoms with Crippen LogP contribution in [0.25, 0.3) is 10.8 Å². The van der Waals surface area contributed by atoms with Crippen LogP contribution in [0.4, 0.5) is 10.8 Å². The summed E-state index contributed by atoms with van der Waals surface area (Å²) in [4.78, 5) is 25.0. The number of hydrogen-bond acceptors (Lipinski definition) is 8.